The molecule has 3 nitrogen and oxygen atoms in total. The molecule has 0 heterocycles. The van der Waals surface area contributed by atoms with Crippen LogP contribution in [0, 0.1) is 5.41 Å². The molecule has 1 unspecified atom stereocenters. The maximum atomic E-state index is 12.1. The molecule has 0 fully saturated rings. The van der Waals surface area contributed by atoms with Crippen molar-refractivity contribution >= 4 is 23.1 Å². The summed E-state index contributed by atoms with van der Waals surface area (Å²) in [4.78, 5) is 12.4. The van der Waals surface area contributed by atoms with Crippen LogP contribution in [0.2, 0.25) is 0 Å². The largest absolute Gasteiger partial charge is 0.392 e. The fourth-order valence-corrected chi connectivity index (χ4v) is 1.82. The molecule has 4 heteroatoms. The Morgan fingerprint density at radius 3 is 2.12 bits per heavy atom. The highest BCUT2D eigenvalue weighted by Gasteiger charge is 2.36. The monoisotopic (exact) mass is 244 g/mol. The van der Waals surface area contributed by atoms with Crippen LogP contribution < -0.4 is 11.1 Å². The highest BCUT2D eigenvalue weighted by molar-refractivity contribution is 7.80. The minimum Gasteiger partial charge on any atom is -0.392 e. The van der Waals surface area contributed by atoms with Gasteiger partial charge in [0.1, 0.15) is 0 Å². The molecule has 0 spiro atoms. The van der Waals surface area contributed by atoms with Gasteiger partial charge in [-0.2, -0.15) is 0 Å². The summed E-state index contributed by atoms with van der Waals surface area (Å²) in [6.45, 7) is 9.85. The van der Waals surface area contributed by atoms with Crippen molar-refractivity contribution in [3.63, 3.8) is 0 Å². The zero-order valence-electron chi connectivity index (χ0n) is 11.0. The van der Waals surface area contributed by atoms with Crippen molar-refractivity contribution < 1.29 is 4.79 Å². The number of hydrogen-bond donors (Lipinski definition) is 2. The van der Waals surface area contributed by atoms with E-state index >= 15 is 0 Å². The smallest absolute Gasteiger partial charge is 0.233 e. The van der Waals surface area contributed by atoms with Crippen LogP contribution in [0.5, 0.6) is 0 Å². The molecular weight excluding hydrogens is 220 g/mol. The maximum Gasteiger partial charge on any atom is 0.233 e. The molecular formula is C12H24N2OS. The zero-order chi connectivity index (χ0) is 13.0. The first-order chi connectivity index (χ1) is 7.19. The van der Waals surface area contributed by atoms with Crippen LogP contribution in [0.4, 0.5) is 0 Å². The van der Waals surface area contributed by atoms with E-state index in [-0.39, 0.29) is 16.4 Å². The third-order valence-corrected chi connectivity index (χ3v) is 3.53. The van der Waals surface area contributed by atoms with Crippen molar-refractivity contribution in [2.24, 2.45) is 11.1 Å². The molecule has 3 N–H and O–H groups in total. The van der Waals surface area contributed by atoms with Gasteiger partial charge in [-0.1, -0.05) is 32.5 Å². The van der Waals surface area contributed by atoms with E-state index < -0.39 is 5.41 Å². The number of carbonyl (C=O) groups excluding carboxylic acids is 1. The van der Waals surface area contributed by atoms with Gasteiger partial charge in [0.25, 0.3) is 0 Å². The van der Waals surface area contributed by atoms with Gasteiger partial charge in [0.2, 0.25) is 5.91 Å². The summed E-state index contributed by atoms with van der Waals surface area (Å²) in [7, 11) is 0. The van der Waals surface area contributed by atoms with Crippen LogP contribution in [0.1, 0.15) is 53.9 Å². The first kappa shape index (κ1) is 15.4. The van der Waals surface area contributed by atoms with Gasteiger partial charge < -0.3 is 11.1 Å². The summed E-state index contributed by atoms with van der Waals surface area (Å²) < 4.78 is 0. The van der Waals surface area contributed by atoms with Crippen LogP contribution in [0.3, 0.4) is 0 Å². The second-order valence-corrected chi connectivity index (χ2v) is 5.58. The molecule has 0 aliphatic heterocycles. The Morgan fingerprint density at radius 2 is 1.81 bits per heavy atom. The summed E-state index contributed by atoms with van der Waals surface area (Å²) >= 11 is 4.98. The number of nitrogens with two attached hydrogens (primary N) is 1. The van der Waals surface area contributed by atoms with Gasteiger partial charge in [-0.05, 0) is 33.6 Å². The minimum atomic E-state index is -0.736. The second kappa shape index (κ2) is 5.62. The highest BCUT2D eigenvalue weighted by atomic mass is 32.1. The summed E-state index contributed by atoms with van der Waals surface area (Å²) in [5, 5.41) is 3.02. The molecule has 16 heavy (non-hydrogen) atoms. The average molecular weight is 244 g/mol. The number of thiocarbonyl (C=S) groups is 1. The number of rotatable bonds is 6. The van der Waals surface area contributed by atoms with Gasteiger partial charge in [-0.3, -0.25) is 4.79 Å². The second-order valence-electron chi connectivity index (χ2n) is 5.14. The number of nitrogens with one attached hydrogen (secondary N) is 1. The number of carbonyl (C=O) groups is 1. The lowest BCUT2D eigenvalue weighted by Crippen LogP contribution is -2.53. The van der Waals surface area contributed by atoms with E-state index in [0.717, 1.165) is 12.8 Å². The fraction of sp³-hybridized carbons (Fsp3) is 0.833. The van der Waals surface area contributed by atoms with Gasteiger partial charge >= 0.3 is 0 Å². The summed E-state index contributed by atoms with van der Waals surface area (Å²) in [6, 6.07) is 0. The van der Waals surface area contributed by atoms with Crippen molar-refractivity contribution in [3.8, 4) is 0 Å². The molecule has 1 amide bonds. The van der Waals surface area contributed by atoms with E-state index in [4.69, 9.17) is 18.0 Å². The lowest BCUT2D eigenvalue weighted by Gasteiger charge is -2.32. The molecule has 0 aromatic heterocycles. The first-order valence-corrected chi connectivity index (χ1v) is 6.23. The predicted octanol–water partition coefficient (Wildman–Crippen LogP) is 2.38. The van der Waals surface area contributed by atoms with Crippen LogP contribution >= 0.6 is 12.2 Å². The molecule has 94 valence electrons. The average Bonchev–Trinajstić information content (AvgIpc) is 2.14. The molecule has 0 aromatic rings. The van der Waals surface area contributed by atoms with Crippen molar-refractivity contribution in [3.05, 3.63) is 0 Å². The molecule has 0 aromatic carbocycles. The van der Waals surface area contributed by atoms with Crippen molar-refractivity contribution in [1.82, 2.24) is 5.32 Å². The summed E-state index contributed by atoms with van der Waals surface area (Å²) in [6.07, 6.45) is 2.59. The van der Waals surface area contributed by atoms with Gasteiger partial charge in [-0.25, -0.2) is 0 Å². The Labute approximate surface area is 104 Å². The SMILES string of the molecule is CCCC(C)(C)NC(=O)C(C)(CC)C(N)=S. The standard InChI is InChI=1S/C12H24N2OS/c1-6-8-11(3,4)14-10(15)12(5,7-2)9(13)16/h6-8H2,1-5H3,(H2,13,16)(H,14,15). The van der Waals surface area contributed by atoms with E-state index in [1.165, 1.54) is 0 Å². The summed E-state index contributed by atoms with van der Waals surface area (Å²) in [5.74, 6) is -0.0686. The lowest BCUT2D eigenvalue weighted by atomic mass is 9.85. The Hall–Kier alpha value is -0.640. The Kier molecular flexibility index (Phi) is 5.39. The highest BCUT2D eigenvalue weighted by Crippen LogP contribution is 2.24. The lowest BCUT2D eigenvalue weighted by molar-refractivity contribution is -0.128. The quantitative estimate of drug-likeness (QED) is 0.705. The van der Waals surface area contributed by atoms with Gasteiger partial charge in [-0.15, -0.1) is 0 Å². The van der Waals surface area contributed by atoms with E-state index in [1.54, 1.807) is 6.92 Å². The zero-order valence-corrected chi connectivity index (χ0v) is 11.8. The Morgan fingerprint density at radius 1 is 1.31 bits per heavy atom. The number of amides is 1. The molecule has 0 saturated carbocycles. The van der Waals surface area contributed by atoms with E-state index in [2.05, 4.69) is 12.2 Å². The van der Waals surface area contributed by atoms with Crippen LogP contribution in [0.25, 0.3) is 0 Å². The van der Waals surface area contributed by atoms with Crippen molar-refractivity contribution in [2.45, 2.75) is 59.4 Å². The van der Waals surface area contributed by atoms with Gasteiger partial charge in [0.05, 0.1) is 10.4 Å². The normalized spacial score (nSPS) is 15.3. The Bertz CT molecular complexity index is 276. The molecule has 0 aliphatic carbocycles. The molecule has 0 rings (SSSR count). The van der Waals surface area contributed by atoms with Crippen LogP contribution in [-0.2, 0) is 4.79 Å². The number of hydrogen-bond acceptors (Lipinski definition) is 2. The maximum absolute atomic E-state index is 12.1. The first-order valence-electron chi connectivity index (χ1n) is 5.82. The van der Waals surface area contributed by atoms with Crippen molar-refractivity contribution in [2.75, 3.05) is 0 Å². The molecule has 1 atom stereocenters. The molecule has 0 bridgehead atoms. The van der Waals surface area contributed by atoms with Crippen LogP contribution in [-0.4, -0.2) is 16.4 Å². The third kappa shape index (κ3) is 3.74. The molecule has 0 radical (unpaired) electrons. The predicted molar refractivity (Wildman–Crippen MR) is 72.3 cm³/mol. The topological polar surface area (TPSA) is 55.1 Å². The minimum absolute atomic E-state index is 0.0686. The van der Waals surface area contributed by atoms with Crippen molar-refractivity contribution in [1.29, 1.82) is 0 Å². The molecule has 0 saturated heterocycles. The van der Waals surface area contributed by atoms with Gasteiger partial charge in [0.15, 0.2) is 0 Å². The fourth-order valence-electron chi connectivity index (χ4n) is 1.58. The molecule has 0 aliphatic rings. The van der Waals surface area contributed by atoms with E-state index in [1.807, 2.05) is 20.8 Å². The van der Waals surface area contributed by atoms with Crippen LogP contribution in [0.15, 0.2) is 0 Å². The third-order valence-electron chi connectivity index (χ3n) is 3.08. The van der Waals surface area contributed by atoms with E-state index in [0.29, 0.717) is 6.42 Å². The summed E-state index contributed by atoms with van der Waals surface area (Å²) in [5.41, 5.74) is 4.71. The van der Waals surface area contributed by atoms with Gasteiger partial charge in [0, 0.05) is 5.54 Å². The van der Waals surface area contributed by atoms with E-state index in [9.17, 15) is 4.79 Å². The Balaban J connectivity index is 4.74.